The van der Waals surface area contributed by atoms with Crippen molar-refractivity contribution < 1.29 is 4.42 Å². The van der Waals surface area contributed by atoms with E-state index in [2.05, 4.69) is 50.9 Å². The van der Waals surface area contributed by atoms with E-state index >= 15 is 0 Å². The summed E-state index contributed by atoms with van der Waals surface area (Å²) in [4.78, 5) is 11.5. The molecule has 0 radical (unpaired) electrons. The standard InChI is InChI=1S/C20H20N4O/c1-23-11-6-9-15(23)16-8-4-5-12-24(16)20-19-18(21-13-22-20)14-7-2-3-10-17(14)25-19/h2-3,6-7,9-11,13,16H,4-5,8,12H2,1H3/t16-/m0/s1. The minimum absolute atomic E-state index is 0.320. The van der Waals surface area contributed by atoms with Gasteiger partial charge in [0, 0.05) is 30.9 Å². The molecule has 4 aromatic rings. The molecule has 4 heterocycles. The third kappa shape index (κ3) is 2.22. The summed E-state index contributed by atoms with van der Waals surface area (Å²) in [5, 5.41) is 1.05. The van der Waals surface area contributed by atoms with Crippen LogP contribution < -0.4 is 4.90 Å². The molecule has 5 rings (SSSR count). The third-order valence-electron chi connectivity index (χ3n) is 5.24. The molecule has 25 heavy (non-hydrogen) atoms. The van der Waals surface area contributed by atoms with Gasteiger partial charge in [0.05, 0.1) is 6.04 Å². The van der Waals surface area contributed by atoms with Crippen molar-refractivity contribution in [3.63, 3.8) is 0 Å². The van der Waals surface area contributed by atoms with Crippen molar-refractivity contribution in [1.29, 1.82) is 0 Å². The third-order valence-corrected chi connectivity index (χ3v) is 5.24. The van der Waals surface area contributed by atoms with Crippen LogP contribution in [-0.2, 0) is 7.05 Å². The predicted octanol–water partition coefficient (Wildman–Crippen LogP) is 4.45. The number of hydrogen-bond acceptors (Lipinski definition) is 4. The lowest BCUT2D eigenvalue weighted by atomic mass is 9.99. The quantitative estimate of drug-likeness (QED) is 0.544. The molecule has 0 unspecified atom stereocenters. The van der Waals surface area contributed by atoms with Crippen LogP contribution in [0.2, 0.25) is 0 Å². The topological polar surface area (TPSA) is 47.1 Å². The van der Waals surface area contributed by atoms with Gasteiger partial charge in [0.15, 0.2) is 11.4 Å². The van der Waals surface area contributed by atoms with Crippen molar-refractivity contribution in [1.82, 2.24) is 14.5 Å². The molecule has 0 aliphatic carbocycles. The Kier molecular flexibility index (Phi) is 3.26. The Bertz CT molecular complexity index is 1050. The van der Waals surface area contributed by atoms with Crippen LogP contribution in [0.5, 0.6) is 0 Å². The van der Waals surface area contributed by atoms with Crippen LogP contribution in [0.1, 0.15) is 31.0 Å². The van der Waals surface area contributed by atoms with Gasteiger partial charge in [0.2, 0.25) is 0 Å². The van der Waals surface area contributed by atoms with E-state index in [1.807, 2.05) is 18.2 Å². The van der Waals surface area contributed by atoms with Crippen molar-refractivity contribution in [2.45, 2.75) is 25.3 Å². The summed E-state index contributed by atoms with van der Waals surface area (Å²) in [6.45, 7) is 0.985. The second kappa shape index (κ2) is 5.62. The number of piperidine rings is 1. The second-order valence-corrected chi connectivity index (χ2v) is 6.72. The average Bonchev–Trinajstić information content (AvgIpc) is 3.25. The molecule has 5 nitrogen and oxygen atoms in total. The van der Waals surface area contributed by atoms with Crippen LogP contribution in [0.15, 0.2) is 53.3 Å². The summed E-state index contributed by atoms with van der Waals surface area (Å²) in [6.07, 6.45) is 7.31. The lowest BCUT2D eigenvalue weighted by Crippen LogP contribution is -2.35. The zero-order chi connectivity index (χ0) is 16.8. The van der Waals surface area contributed by atoms with Crippen LogP contribution in [0.3, 0.4) is 0 Å². The number of aryl methyl sites for hydroxylation is 1. The van der Waals surface area contributed by atoms with Gasteiger partial charge in [0.1, 0.15) is 17.4 Å². The summed E-state index contributed by atoms with van der Waals surface area (Å²) >= 11 is 0. The molecule has 0 spiro atoms. The van der Waals surface area contributed by atoms with E-state index in [-0.39, 0.29) is 0 Å². The van der Waals surface area contributed by atoms with Crippen LogP contribution in [0, 0.1) is 0 Å². The Hall–Kier alpha value is -2.82. The lowest BCUT2D eigenvalue weighted by Gasteiger charge is -2.36. The van der Waals surface area contributed by atoms with Crippen molar-refractivity contribution in [2.75, 3.05) is 11.4 Å². The molecular weight excluding hydrogens is 312 g/mol. The zero-order valence-corrected chi connectivity index (χ0v) is 14.2. The molecule has 5 heteroatoms. The monoisotopic (exact) mass is 332 g/mol. The predicted molar refractivity (Wildman–Crippen MR) is 98.7 cm³/mol. The minimum atomic E-state index is 0.320. The molecule has 0 saturated carbocycles. The van der Waals surface area contributed by atoms with Gasteiger partial charge < -0.3 is 13.9 Å². The van der Waals surface area contributed by atoms with Crippen molar-refractivity contribution >= 4 is 27.9 Å². The van der Waals surface area contributed by atoms with Gasteiger partial charge >= 0.3 is 0 Å². The fourth-order valence-corrected chi connectivity index (χ4v) is 4.03. The summed E-state index contributed by atoms with van der Waals surface area (Å²) in [7, 11) is 2.11. The maximum absolute atomic E-state index is 6.16. The molecule has 0 bridgehead atoms. The number of fused-ring (bicyclic) bond motifs is 3. The van der Waals surface area contributed by atoms with Crippen molar-refractivity contribution in [2.24, 2.45) is 7.05 Å². The van der Waals surface area contributed by atoms with Gasteiger partial charge in [-0.2, -0.15) is 0 Å². The zero-order valence-electron chi connectivity index (χ0n) is 14.2. The average molecular weight is 332 g/mol. The molecule has 1 saturated heterocycles. The second-order valence-electron chi connectivity index (χ2n) is 6.72. The largest absolute Gasteiger partial charge is 0.450 e. The maximum atomic E-state index is 6.16. The normalized spacial score (nSPS) is 18.3. The molecule has 1 aromatic carbocycles. The first-order valence-electron chi connectivity index (χ1n) is 8.83. The minimum Gasteiger partial charge on any atom is -0.450 e. The molecule has 0 N–H and O–H groups in total. The van der Waals surface area contributed by atoms with E-state index in [1.165, 1.54) is 18.5 Å². The number of furan rings is 1. The van der Waals surface area contributed by atoms with E-state index < -0.39 is 0 Å². The van der Waals surface area contributed by atoms with Gasteiger partial charge in [-0.15, -0.1) is 0 Å². The summed E-state index contributed by atoms with van der Waals surface area (Å²) in [5.41, 5.74) is 3.89. The Labute approximate surface area is 145 Å². The van der Waals surface area contributed by atoms with Crippen LogP contribution in [0.4, 0.5) is 5.82 Å². The smallest absolute Gasteiger partial charge is 0.196 e. The summed E-state index contributed by atoms with van der Waals surface area (Å²) < 4.78 is 8.37. The molecule has 3 aromatic heterocycles. The molecule has 1 aliphatic rings. The fourth-order valence-electron chi connectivity index (χ4n) is 4.03. The van der Waals surface area contributed by atoms with E-state index in [0.29, 0.717) is 6.04 Å². The van der Waals surface area contributed by atoms with E-state index in [0.717, 1.165) is 40.9 Å². The van der Waals surface area contributed by atoms with Gasteiger partial charge in [-0.1, -0.05) is 12.1 Å². The molecule has 0 amide bonds. The highest BCUT2D eigenvalue weighted by atomic mass is 16.3. The number of rotatable bonds is 2. The lowest BCUT2D eigenvalue weighted by molar-refractivity contribution is 0.452. The molecular formula is C20H20N4O. The number of hydrogen-bond donors (Lipinski definition) is 0. The molecule has 1 fully saturated rings. The number of anilines is 1. The number of para-hydroxylation sites is 1. The first-order chi connectivity index (χ1) is 12.3. The highest BCUT2D eigenvalue weighted by molar-refractivity contribution is 6.05. The van der Waals surface area contributed by atoms with Gasteiger partial charge in [-0.3, -0.25) is 0 Å². The number of aromatic nitrogens is 3. The van der Waals surface area contributed by atoms with Crippen molar-refractivity contribution in [3.8, 4) is 0 Å². The highest BCUT2D eigenvalue weighted by Crippen LogP contribution is 2.39. The first-order valence-corrected chi connectivity index (χ1v) is 8.83. The number of nitrogens with zero attached hydrogens (tertiary/aromatic N) is 4. The van der Waals surface area contributed by atoms with E-state index in [4.69, 9.17) is 4.42 Å². The molecule has 1 aliphatic heterocycles. The molecule has 126 valence electrons. The Balaban J connectivity index is 1.69. The SMILES string of the molecule is Cn1cccc1[C@@H]1CCCCN1c1ncnc2c1oc1ccccc12. The Morgan fingerprint density at radius 2 is 2.00 bits per heavy atom. The highest BCUT2D eigenvalue weighted by Gasteiger charge is 2.29. The maximum Gasteiger partial charge on any atom is 0.196 e. The van der Waals surface area contributed by atoms with Gasteiger partial charge in [0.25, 0.3) is 0 Å². The van der Waals surface area contributed by atoms with Crippen LogP contribution >= 0.6 is 0 Å². The molecule has 1 atom stereocenters. The van der Waals surface area contributed by atoms with E-state index in [9.17, 15) is 0 Å². The fraction of sp³-hybridized carbons (Fsp3) is 0.300. The Morgan fingerprint density at radius 1 is 1.08 bits per heavy atom. The van der Waals surface area contributed by atoms with Crippen LogP contribution in [-0.4, -0.2) is 21.1 Å². The Morgan fingerprint density at radius 3 is 2.88 bits per heavy atom. The van der Waals surface area contributed by atoms with Gasteiger partial charge in [-0.25, -0.2) is 9.97 Å². The summed E-state index contributed by atoms with van der Waals surface area (Å²) in [5.74, 6) is 0.909. The summed E-state index contributed by atoms with van der Waals surface area (Å²) in [6, 6.07) is 12.7. The first kappa shape index (κ1) is 14.5. The van der Waals surface area contributed by atoms with Crippen molar-refractivity contribution in [3.05, 3.63) is 54.6 Å². The van der Waals surface area contributed by atoms with Crippen LogP contribution in [0.25, 0.3) is 22.1 Å². The van der Waals surface area contributed by atoms with E-state index in [1.54, 1.807) is 6.33 Å². The van der Waals surface area contributed by atoms with Gasteiger partial charge in [-0.05, 0) is 43.5 Å². The number of benzene rings is 1.